The Kier molecular flexibility index (Phi) is 3.47. The van der Waals surface area contributed by atoms with E-state index >= 15 is 0 Å². The molecule has 0 aliphatic carbocycles. The standard InChI is InChI=1S/C12H15F2N3O/c1-16(2)3-4-17-11-6-9(14)8(13)5-10(11)15-7-12(17)18/h5-6,15H,3-4,7H2,1-2H3. The van der Waals surface area contributed by atoms with E-state index in [1.54, 1.807) is 0 Å². The highest BCUT2D eigenvalue weighted by Gasteiger charge is 2.25. The van der Waals surface area contributed by atoms with Crippen molar-refractivity contribution in [2.45, 2.75) is 0 Å². The highest BCUT2D eigenvalue weighted by Crippen LogP contribution is 2.31. The lowest BCUT2D eigenvalue weighted by molar-refractivity contribution is -0.117. The lowest BCUT2D eigenvalue weighted by Gasteiger charge is -2.31. The minimum absolute atomic E-state index is 0.103. The van der Waals surface area contributed by atoms with Crippen molar-refractivity contribution in [2.24, 2.45) is 0 Å². The van der Waals surface area contributed by atoms with Gasteiger partial charge in [-0.3, -0.25) is 4.79 Å². The molecule has 0 spiro atoms. The minimum atomic E-state index is -0.944. The summed E-state index contributed by atoms with van der Waals surface area (Å²) in [6.07, 6.45) is 0. The number of hydrogen-bond donors (Lipinski definition) is 1. The molecule has 6 heteroatoms. The predicted octanol–water partition coefficient (Wildman–Crippen LogP) is 1.28. The third-order valence-corrected chi connectivity index (χ3v) is 2.83. The quantitative estimate of drug-likeness (QED) is 0.884. The summed E-state index contributed by atoms with van der Waals surface area (Å²) in [5.74, 6) is -2.00. The summed E-state index contributed by atoms with van der Waals surface area (Å²) in [4.78, 5) is 15.2. The fourth-order valence-corrected chi connectivity index (χ4v) is 1.85. The molecule has 1 amide bonds. The van der Waals surface area contributed by atoms with Crippen LogP contribution in [0.15, 0.2) is 12.1 Å². The molecule has 1 aromatic rings. The van der Waals surface area contributed by atoms with Crippen molar-refractivity contribution in [3.63, 3.8) is 0 Å². The third-order valence-electron chi connectivity index (χ3n) is 2.83. The number of carbonyl (C=O) groups excluding carboxylic acids is 1. The highest BCUT2D eigenvalue weighted by molar-refractivity contribution is 6.02. The molecule has 0 unspecified atom stereocenters. The zero-order valence-electron chi connectivity index (χ0n) is 10.3. The first-order chi connectivity index (χ1) is 8.49. The van der Waals surface area contributed by atoms with Gasteiger partial charge in [-0.15, -0.1) is 0 Å². The molecule has 0 bridgehead atoms. The Labute approximate surface area is 104 Å². The number of nitrogens with one attached hydrogen (secondary N) is 1. The maximum atomic E-state index is 13.3. The number of benzene rings is 1. The van der Waals surface area contributed by atoms with Gasteiger partial charge in [-0.25, -0.2) is 8.78 Å². The molecule has 18 heavy (non-hydrogen) atoms. The Balaban J connectivity index is 2.31. The first-order valence-corrected chi connectivity index (χ1v) is 5.67. The SMILES string of the molecule is CN(C)CCN1C(=O)CNc2cc(F)c(F)cc21. The van der Waals surface area contributed by atoms with Crippen LogP contribution in [0.3, 0.4) is 0 Å². The van der Waals surface area contributed by atoms with Gasteiger partial charge >= 0.3 is 0 Å². The molecule has 98 valence electrons. The van der Waals surface area contributed by atoms with Gasteiger partial charge in [0.2, 0.25) is 5.91 Å². The summed E-state index contributed by atoms with van der Waals surface area (Å²) in [5, 5.41) is 2.79. The highest BCUT2D eigenvalue weighted by atomic mass is 19.2. The van der Waals surface area contributed by atoms with Crippen molar-refractivity contribution in [3.05, 3.63) is 23.8 Å². The average Bonchev–Trinajstić information content (AvgIpc) is 2.30. The van der Waals surface area contributed by atoms with E-state index in [-0.39, 0.29) is 12.5 Å². The van der Waals surface area contributed by atoms with Gasteiger partial charge in [0.15, 0.2) is 11.6 Å². The van der Waals surface area contributed by atoms with Gasteiger partial charge < -0.3 is 15.1 Å². The smallest absolute Gasteiger partial charge is 0.246 e. The number of nitrogens with zero attached hydrogens (tertiary/aromatic N) is 2. The molecule has 0 saturated heterocycles. The number of fused-ring (bicyclic) bond motifs is 1. The Morgan fingerprint density at radius 2 is 2.00 bits per heavy atom. The molecule has 2 rings (SSSR count). The van der Waals surface area contributed by atoms with Crippen LogP contribution in [0.25, 0.3) is 0 Å². The monoisotopic (exact) mass is 255 g/mol. The Bertz CT molecular complexity index is 477. The molecule has 0 radical (unpaired) electrons. The fourth-order valence-electron chi connectivity index (χ4n) is 1.85. The summed E-state index contributed by atoms with van der Waals surface area (Å²) >= 11 is 0. The normalized spacial score (nSPS) is 14.7. The maximum absolute atomic E-state index is 13.3. The van der Waals surface area contributed by atoms with Gasteiger partial charge in [-0.05, 0) is 14.1 Å². The molecule has 4 nitrogen and oxygen atoms in total. The minimum Gasteiger partial charge on any atom is -0.374 e. The lowest BCUT2D eigenvalue weighted by Crippen LogP contribution is -2.43. The molecule has 1 aromatic carbocycles. The first-order valence-electron chi connectivity index (χ1n) is 5.67. The van der Waals surface area contributed by atoms with Gasteiger partial charge in [0, 0.05) is 25.2 Å². The fraction of sp³-hybridized carbons (Fsp3) is 0.417. The first kappa shape index (κ1) is 12.8. The van der Waals surface area contributed by atoms with Crippen molar-refractivity contribution in [1.82, 2.24) is 4.90 Å². The van der Waals surface area contributed by atoms with Crippen molar-refractivity contribution in [3.8, 4) is 0 Å². The molecule has 0 fully saturated rings. The summed E-state index contributed by atoms with van der Waals surface area (Å²) in [5.41, 5.74) is 0.847. The maximum Gasteiger partial charge on any atom is 0.246 e. The molecule has 0 saturated carbocycles. The van der Waals surface area contributed by atoms with Gasteiger partial charge in [0.1, 0.15) is 0 Å². The van der Waals surface area contributed by atoms with Crippen LogP contribution >= 0.6 is 0 Å². The second kappa shape index (κ2) is 4.89. The van der Waals surface area contributed by atoms with E-state index in [4.69, 9.17) is 0 Å². The number of hydrogen-bond acceptors (Lipinski definition) is 3. The lowest BCUT2D eigenvalue weighted by atomic mass is 10.1. The van der Waals surface area contributed by atoms with E-state index in [0.29, 0.717) is 24.5 Å². The number of rotatable bonds is 3. The van der Waals surface area contributed by atoms with Crippen molar-refractivity contribution >= 4 is 17.3 Å². The van der Waals surface area contributed by atoms with Crippen LogP contribution < -0.4 is 10.2 Å². The molecule has 1 aliphatic rings. The summed E-state index contributed by atoms with van der Waals surface area (Å²) in [6, 6.07) is 2.14. The van der Waals surface area contributed by atoms with Crippen LogP contribution in [0.5, 0.6) is 0 Å². The summed E-state index contributed by atoms with van der Waals surface area (Å²) < 4.78 is 26.4. The zero-order valence-corrected chi connectivity index (χ0v) is 10.3. The van der Waals surface area contributed by atoms with Crippen LogP contribution in [0, 0.1) is 11.6 Å². The second-order valence-electron chi connectivity index (χ2n) is 4.49. The molecule has 1 heterocycles. The van der Waals surface area contributed by atoms with E-state index in [1.807, 2.05) is 19.0 Å². The van der Waals surface area contributed by atoms with Gasteiger partial charge in [-0.2, -0.15) is 0 Å². The zero-order chi connectivity index (χ0) is 13.3. The third kappa shape index (κ3) is 2.43. The molecule has 1 aliphatic heterocycles. The molecular weight excluding hydrogens is 240 g/mol. The van der Waals surface area contributed by atoms with Gasteiger partial charge in [0.05, 0.1) is 17.9 Å². The van der Waals surface area contributed by atoms with Crippen molar-refractivity contribution in [1.29, 1.82) is 0 Å². The number of carbonyl (C=O) groups is 1. The van der Waals surface area contributed by atoms with Gasteiger partial charge in [0.25, 0.3) is 0 Å². The van der Waals surface area contributed by atoms with Crippen LogP contribution in [-0.2, 0) is 4.79 Å². The van der Waals surface area contributed by atoms with Crippen LogP contribution in [0.4, 0.5) is 20.2 Å². The largest absolute Gasteiger partial charge is 0.374 e. The number of amides is 1. The van der Waals surface area contributed by atoms with Crippen molar-refractivity contribution < 1.29 is 13.6 Å². The number of likely N-dealkylation sites (N-methyl/N-ethyl adjacent to an activating group) is 1. The number of halogens is 2. The van der Waals surface area contributed by atoms with Crippen LogP contribution in [0.1, 0.15) is 0 Å². The van der Waals surface area contributed by atoms with E-state index in [9.17, 15) is 13.6 Å². The number of anilines is 2. The second-order valence-corrected chi connectivity index (χ2v) is 4.49. The molecule has 0 aromatic heterocycles. The molecular formula is C12H15F2N3O. The van der Waals surface area contributed by atoms with E-state index in [2.05, 4.69) is 5.32 Å². The van der Waals surface area contributed by atoms with Crippen LogP contribution in [0.2, 0.25) is 0 Å². The Morgan fingerprint density at radius 3 is 2.67 bits per heavy atom. The Hall–Kier alpha value is -1.69. The average molecular weight is 255 g/mol. The van der Waals surface area contributed by atoms with Crippen molar-refractivity contribution in [2.75, 3.05) is 43.9 Å². The topological polar surface area (TPSA) is 35.6 Å². The molecule has 1 N–H and O–H groups in total. The van der Waals surface area contributed by atoms with E-state index < -0.39 is 11.6 Å². The summed E-state index contributed by atoms with van der Waals surface area (Å²) in [6.45, 7) is 1.21. The Morgan fingerprint density at radius 1 is 1.33 bits per heavy atom. The molecule has 0 atom stereocenters. The summed E-state index contributed by atoms with van der Waals surface area (Å²) in [7, 11) is 3.78. The van der Waals surface area contributed by atoms with E-state index in [1.165, 1.54) is 4.90 Å². The van der Waals surface area contributed by atoms with Gasteiger partial charge in [-0.1, -0.05) is 0 Å². The van der Waals surface area contributed by atoms with Crippen LogP contribution in [-0.4, -0.2) is 44.5 Å². The van der Waals surface area contributed by atoms with E-state index in [0.717, 1.165) is 12.1 Å². The predicted molar refractivity (Wildman–Crippen MR) is 65.8 cm³/mol.